The Morgan fingerprint density at radius 1 is 0.905 bits per heavy atom. The Bertz CT molecular complexity index is 556. The van der Waals surface area contributed by atoms with Crippen molar-refractivity contribution in [2.24, 2.45) is 0 Å². The van der Waals surface area contributed by atoms with E-state index in [1.54, 1.807) is 0 Å². The number of hydrogen-bond acceptors (Lipinski definition) is 2. The van der Waals surface area contributed by atoms with Crippen molar-refractivity contribution in [3.8, 4) is 0 Å². The molecular formula is C19H21NO. The third kappa shape index (κ3) is 3.23. The molecule has 1 aliphatic heterocycles. The van der Waals surface area contributed by atoms with Gasteiger partial charge in [-0.1, -0.05) is 66.7 Å². The van der Waals surface area contributed by atoms with Gasteiger partial charge in [-0.2, -0.15) is 0 Å². The average Bonchev–Trinajstić information content (AvgIpc) is 2.47. The molecule has 1 aliphatic rings. The van der Waals surface area contributed by atoms with Crippen LogP contribution in [-0.2, 0) is 0 Å². The molecule has 1 fully saturated rings. The molecule has 0 aromatic heterocycles. The predicted molar refractivity (Wildman–Crippen MR) is 86.1 cm³/mol. The van der Waals surface area contributed by atoms with Crippen molar-refractivity contribution < 1.29 is 5.11 Å². The summed E-state index contributed by atoms with van der Waals surface area (Å²) in [5.41, 5.74) is 3.96. The van der Waals surface area contributed by atoms with Gasteiger partial charge in [0.05, 0.1) is 12.1 Å². The average molecular weight is 279 g/mol. The van der Waals surface area contributed by atoms with E-state index in [0.29, 0.717) is 6.04 Å². The van der Waals surface area contributed by atoms with Gasteiger partial charge < -0.3 is 5.11 Å². The van der Waals surface area contributed by atoms with Crippen molar-refractivity contribution in [2.45, 2.75) is 19.1 Å². The van der Waals surface area contributed by atoms with Gasteiger partial charge in [0.15, 0.2) is 0 Å². The second-order valence-corrected chi connectivity index (χ2v) is 5.69. The van der Waals surface area contributed by atoms with Gasteiger partial charge >= 0.3 is 0 Å². The number of benzene rings is 2. The van der Waals surface area contributed by atoms with Crippen molar-refractivity contribution >= 4 is 0 Å². The molecule has 2 heteroatoms. The Morgan fingerprint density at radius 2 is 1.38 bits per heavy atom. The normalized spacial score (nSPS) is 16.6. The lowest BCUT2D eigenvalue weighted by Crippen LogP contribution is -2.43. The first-order valence-corrected chi connectivity index (χ1v) is 7.45. The van der Waals surface area contributed by atoms with Crippen molar-refractivity contribution in [3.05, 3.63) is 83.4 Å². The van der Waals surface area contributed by atoms with Crippen LogP contribution in [0.15, 0.2) is 72.3 Å². The summed E-state index contributed by atoms with van der Waals surface area (Å²) in [6, 6.07) is 21.5. The van der Waals surface area contributed by atoms with Gasteiger partial charge in [0.1, 0.15) is 0 Å². The van der Waals surface area contributed by atoms with Gasteiger partial charge in [-0.25, -0.2) is 0 Å². The maximum Gasteiger partial charge on any atom is 0.0696 e. The number of aliphatic hydroxyl groups is 1. The Morgan fingerprint density at radius 3 is 1.81 bits per heavy atom. The highest BCUT2D eigenvalue weighted by molar-refractivity contribution is 5.34. The lowest BCUT2D eigenvalue weighted by atomic mass is 9.92. The zero-order valence-electron chi connectivity index (χ0n) is 12.3. The van der Waals surface area contributed by atoms with Gasteiger partial charge in [0.25, 0.3) is 0 Å². The zero-order valence-corrected chi connectivity index (χ0v) is 12.3. The minimum Gasteiger partial charge on any atom is -0.389 e. The highest BCUT2D eigenvalue weighted by Crippen LogP contribution is 2.33. The largest absolute Gasteiger partial charge is 0.389 e. The summed E-state index contributed by atoms with van der Waals surface area (Å²) in [7, 11) is 0. The van der Waals surface area contributed by atoms with E-state index in [1.165, 1.54) is 16.7 Å². The van der Waals surface area contributed by atoms with Crippen molar-refractivity contribution in [1.82, 2.24) is 4.90 Å². The molecule has 1 heterocycles. The molecule has 2 aromatic rings. The molecule has 0 bridgehead atoms. The topological polar surface area (TPSA) is 23.5 Å². The van der Waals surface area contributed by atoms with Gasteiger partial charge in [0.2, 0.25) is 0 Å². The highest BCUT2D eigenvalue weighted by Gasteiger charge is 2.29. The number of hydrogen-bond donors (Lipinski definition) is 1. The molecule has 1 unspecified atom stereocenters. The maximum atomic E-state index is 9.45. The smallest absolute Gasteiger partial charge is 0.0696 e. The Hall–Kier alpha value is -1.90. The Balaban J connectivity index is 1.86. The van der Waals surface area contributed by atoms with Crippen LogP contribution in [0.1, 0.15) is 24.1 Å². The van der Waals surface area contributed by atoms with Crippen molar-refractivity contribution in [1.29, 1.82) is 0 Å². The molecular weight excluding hydrogens is 258 g/mol. The SMILES string of the molecule is CC(O)C=C1CN(C(c2ccccc2)c2ccccc2)C1. The van der Waals surface area contributed by atoms with Crippen molar-refractivity contribution in [3.63, 3.8) is 0 Å². The van der Waals surface area contributed by atoms with E-state index in [1.807, 2.05) is 13.0 Å². The fourth-order valence-electron chi connectivity index (χ4n) is 2.99. The summed E-state index contributed by atoms with van der Waals surface area (Å²) in [6.45, 7) is 3.67. The van der Waals surface area contributed by atoms with E-state index in [-0.39, 0.29) is 6.10 Å². The van der Waals surface area contributed by atoms with Gasteiger partial charge in [0, 0.05) is 13.1 Å². The first kappa shape index (κ1) is 14.1. The number of nitrogens with zero attached hydrogens (tertiary/aromatic N) is 1. The van der Waals surface area contributed by atoms with E-state index in [2.05, 4.69) is 65.6 Å². The van der Waals surface area contributed by atoms with Crippen LogP contribution in [0.4, 0.5) is 0 Å². The van der Waals surface area contributed by atoms with Crippen LogP contribution in [0.2, 0.25) is 0 Å². The molecule has 0 aliphatic carbocycles. The van der Waals surface area contributed by atoms with Gasteiger partial charge in [-0.05, 0) is 23.6 Å². The first-order chi connectivity index (χ1) is 10.2. The fraction of sp³-hybridized carbons (Fsp3) is 0.263. The molecule has 0 saturated carbocycles. The van der Waals surface area contributed by atoms with Crippen LogP contribution in [0.3, 0.4) is 0 Å². The molecule has 1 atom stereocenters. The minimum atomic E-state index is -0.353. The third-order valence-electron chi connectivity index (χ3n) is 3.89. The monoisotopic (exact) mass is 279 g/mol. The summed E-state index contributed by atoms with van der Waals surface area (Å²) >= 11 is 0. The number of aliphatic hydroxyl groups excluding tert-OH is 1. The number of likely N-dealkylation sites (tertiary alicyclic amines) is 1. The lowest BCUT2D eigenvalue weighted by Gasteiger charge is -2.41. The van der Waals surface area contributed by atoms with Crippen LogP contribution in [0, 0.1) is 0 Å². The third-order valence-corrected chi connectivity index (χ3v) is 3.89. The van der Waals surface area contributed by atoms with E-state index in [0.717, 1.165) is 13.1 Å². The second kappa shape index (κ2) is 6.25. The van der Waals surface area contributed by atoms with Crippen LogP contribution in [0.5, 0.6) is 0 Å². The van der Waals surface area contributed by atoms with Crippen LogP contribution < -0.4 is 0 Å². The summed E-state index contributed by atoms with van der Waals surface area (Å²) in [6.07, 6.45) is 1.61. The molecule has 0 spiro atoms. The summed E-state index contributed by atoms with van der Waals surface area (Å²) in [5.74, 6) is 0. The zero-order chi connectivity index (χ0) is 14.7. The minimum absolute atomic E-state index is 0.290. The standard InChI is InChI=1S/C19H21NO/c1-15(21)12-16-13-20(14-16)19(17-8-4-2-5-9-17)18-10-6-3-7-11-18/h2-12,15,19,21H,13-14H2,1H3. The first-order valence-electron chi connectivity index (χ1n) is 7.45. The molecule has 0 amide bonds. The lowest BCUT2D eigenvalue weighted by molar-refractivity contribution is 0.191. The molecule has 1 saturated heterocycles. The van der Waals surface area contributed by atoms with E-state index in [9.17, 15) is 5.11 Å². The fourth-order valence-corrected chi connectivity index (χ4v) is 2.99. The predicted octanol–water partition coefficient (Wildman–Crippen LogP) is 3.40. The van der Waals surface area contributed by atoms with Gasteiger partial charge in [-0.3, -0.25) is 4.90 Å². The van der Waals surface area contributed by atoms with Crippen molar-refractivity contribution in [2.75, 3.05) is 13.1 Å². The Labute approximate surface area is 126 Å². The van der Waals surface area contributed by atoms with E-state index in [4.69, 9.17) is 0 Å². The maximum absolute atomic E-state index is 9.45. The van der Waals surface area contributed by atoms with Crippen LogP contribution >= 0.6 is 0 Å². The van der Waals surface area contributed by atoms with Crippen LogP contribution in [0.25, 0.3) is 0 Å². The quantitative estimate of drug-likeness (QED) is 0.867. The summed E-state index contributed by atoms with van der Waals surface area (Å²) < 4.78 is 0. The molecule has 3 rings (SSSR count). The van der Waals surface area contributed by atoms with Gasteiger partial charge in [-0.15, -0.1) is 0 Å². The second-order valence-electron chi connectivity index (χ2n) is 5.69. The highest BCUT2D eigenvalue weighted by atomic mass is 16.3. The van der Waals surface area contributed by atoms with E-state index < -0.39 is 0 Å². The van der Waals surface area contributed by atoms with Crippen LogP contribution in [-0.4, -0.2) is 29.2 Å². The molecule has 0 radical (unpaired) electrons. The summed E-state index contributed by atoms with van der Waals surface area (Å²) in [5, 5.41) is 9.45. The molecule has 108 valence electrons. The van der Waals surface area contributed by atoms with E-state index >= 15 is 0 Å². The number of rotatable bonds is 4. The molecule has 2 aromatic carbocycles. The molecule has 1 N–H and O–H groups in total. The summed E-state index contributed by atoms with van der Waals surface area (Å²) in [4.78, 5) is 2.44. The molecule has 2 nitrogen and oxygen atoms in total. The molecule has 21 heavy (non-hydrogen) atoms. The Kier molecular flexibility index (Phi) is 4.18.